The molecule has 1 N–H and O–H groups in total. The molecule has 1 rings (SSSR count). The SMILES string of the molecule is O=C(NCCOCC(F)F)c1csc(S(=O)(=O)Cl)c1. The van der Waals surface area contributed by atoms with E-state index in [-0.39, 0.29) is 22.9 Å². The molecule has 1 aromatic heterocycles. The molecule has 108 valence electrons. The summed E-state index contributed by atoms with van der Waals surface area (Å²) in [6.45, 7) is -0.700. The summed E-state index contributed by atoms with van der Waals surface area (Å²) in [5, 5.41) is 3.74. The monoisotopic (exact) mass is 333 g/mol. The van der Waals surface area contributed by atoms with Crippen molar-refractivity contribution < 1.29 is 26.7 Å². The summed E-state index contributed by atoms with van der Waals surface area (Å²) in [6, 6.07) is 1.14. The Hall–Kier alpha value is -0.770. The third-order valence-corrected chi connectivity index (χ3v) is 4.89. The van der Waals surface area contributed by atoms with Crippen LogP contribution in [-0.2, 0) is 13.8 Å². The molecule has 0 saturated carbocycles. The Morgan fingerprint density at radius 2 is 2.21 bits per heavy atom. The van der Waals surface area contributed by atoms with Crippen LogP contribution in [-0.4, -0.2) is 40.5 Å². The Morgan fingerprint density at radius 1 is 1.53 bits per heavy atom. The van der Waals surface area contributed by atoms with Crippen molar-refractivity contribution in [3.63, 3.8) is 0 Å². The van der Waals surface area contributed by atoms with Gasteiger partial charge in [-0.1, -0.05) is 0 Å². The third kappa shape index (κ3) is 5.81. The number of carbonyl (C=O) groups excluding carboxylic acids is 1. The summed E-state index contributed by atoms with van der Waals surface area (Å²) in [4.78, 5) is 11.5. The van der Waals surface area contributed by atoms with Crippen LogP contribution < -0.4 is 5.32 Å². The first-order valence-corrected chi connectivity index (χ1v) is 8.17. The van der Waals surface area contributed by atoms with Gasteiger partial charge in [-0.3, -0.25) is 4.79 Å². The zero-order valence-electron chi connectivity index (χ0n) is 9.44. The van der Waals surface area contributed by atoms with Gasteiger partial charge in [0.1, 0.15) is 10.8 Å². The van der Waals surface area contributed by atoms with Crippen LogP contribution in [0, 0.1) is 0 Å². The molecular formula is C9H10ClF2NO4S2. The zero-order chi connectivity index (χ0) is 14.5. The minimum Gasteiger partial charge on any atom is -0.374 e. The van der Waals surface area contributed by atoms with E-state index < -0.39 is 28.0 Å². The first kappa shape index (κ1) is 16.3. The van der Waals surface area contributed by atoms with Crippen LogP contribution in [0.3, 0.4) is 0 Å². The molecule has 19 heavy (non-hydrogen) atoms. The first-order valence-electron chi connectivity index (χ1n) is 4.98. The second-order valence-corrected chi connectivity index (χ2v) is 7.02. The molecule has 0 bridgehead atoms. The summed E-state index contributed by atoms with van der Waals surface area (Å²) in [5.41, 5.74) is 0.137. The number of thiophene rings is 1. The van der Waals surface area contributed by atoms with Gasteiger partial charge in [0, 0.05) is 22.6 Å². The Morgan fingerprint density at radius 3 is 2.74 bits per heavy atom. The van der Waals surface area contributed by atoms with Crippen molar-refractivity contribution >= 4 is 37.0 Å². The fourth-order valence-corrected chi connectivity index (χ4v) is 3.02. The van der Waals surface area contributed by atoms with Gasteiger partial charge in [-0.05, 0) is 6.07 Å². The van der Waals surface area contributed by atoms with Crippen LogP contribution in [0.2, 0.25) is 0 Å². The molecule has 0 aromatic carbocycles. The number of hydrogen-bond donors (Lipinski definition) is 1. The van der Waals surface area contributed by atoms with E-state index in [4.69, 9.17) is 10.7 Å². The van der Waals surface area contributed by atoms with E-state index in [1.54, 1.807) is 0 Å². The van der Waals surface area contributed by atoms with Gasteiger partial charge in [0.25, 0.3) is 21.4 Å². The average molecular weight is 334 g/mol. The van der Waals surface area contributed by atoms with E-state index in [0.29, 0.717) is 0 Å². The Bertz CT molecular complexity index is 532. The second-order valence-electron chi connectivity index (χ2n) is 3.31. The predicted octanol–water partition coefficient (Wildman–Crippen LogP) is 1.69. The molecule has 1 aromatic rings. The molecule has 0 radical (unpaired) electrons. The Balaban J connectivity index is 2.40. The maximum atomic E-state index is 11.7. The van der Waals surface area contributed by atoms with Gasteiger partial charge in [0.15, 0.2) is 0 Å². The normalized spacial score (nSPS) is 11.8. The van der Waals surface area contributed by atoms with Gasteiger partial charge in [0.2, 0.25) is 0 Å². The van der Waals surface area contributed by atoms with Crippen molar-refractivity contribution in [2.24, 2.45) is 0 Å². The number of carbonyl (C=O) groups is 1. The van der Waals surface area contributed by atoms with Gasteiger partial charge in [-0.2, -0.15) is 0 Å². The molecule has 0 saturated heterocycles. The number of amides is 1. The number of nitrogens with one attached hydrogen (secondary N) is 1. The van der Waals surface area contributed by atoms with Crippen LogP contribution >= 0.6 is 22.0 Å². The second kappa shape index (κ2) is 7.13. The molecule has 10 heteroatoms. The number of hydrogen-bond acceptors (Lipinski definition) is 5. The lowest BCUT2D eigenvalue weighted by atomic mass is 10.3. The molecule has 0 spiro atoms. The highest BCUT2D eigenvalue weighted by molar-refractivity contribution is 8.15. The fraction of sp³-hybridized carbons (Fsp3) is 0.444. The largest absolute Gasteiger partial charge is 0.374 e. The lowest BCUT2D eigenvalue weighted by molar-refractivity contribution is 0.0188. The van der Waals surface area contributed by atoms with Crippen LogP contribution in [0.1, 0.15) is 10.4 Å². The highest BCUT2D eigenvalue weighted by Crippen LogP contribution is 2.23. The summed E-state index contributed by atoms with van der Waals surface area (Å²) in [6.07, 6.45) is -2.55. The summed E-state index contributed by atoms with van der Waals surface area (Å²) in [5.74, 6) is -0.525. The first-order chi connectivity index (χ1) is 8.80. The van der Waals surface area contributed by atoms with E-state index in [9.17, 15) is 22.0 Å². The number of rotatable bonds is 7. The van der Waals surface area contributed by atoms with Gasteiger partial charge >= 0.3 is 0 Å². The van der Waals surface area contributed by atoms with Crippen molar-refractivity contribution in [1.29, 1.82) is 0 Å². The van der Waals surface area contributed by atoms with Crippen LogP contribution in [0.4, 0.5) is 8.78 Å². The fourth-order valence-electron chi connectivity index (χ4n) is 1.07. The Labute approximate surface area is 116 Å². The van der Waals surface area contributed by atoms with Crippen LogP contribution in [0.5, 0.6) is 0 Å². The number of alkyl halides is 2. The quantitative estimate of drug-likeness (QED) is 0.609. The summed E-state index contributed by atoms with van der Waals surface area (Å²) >= 11 is 0.821. The van der Waals surface area contributed by atoms with Crippen molar-refractivity contribution in [1.82, 2.24) is 5.32 Å². The standard InChI is InChI=1S/C9H10ClF2NO4S2/c10-19(15,16)8-3-6(5-18-8)9(14)13-1-2-17-4-7(11)12/h3,5,7H,1-2,4H2,(H,13,14). The maximum Gasteiger partial charge on any atom is 0.270 e. The van der Waals surface area contributed by atoms with E-state index in [1.807, 2.05) is 0 Å². The van der Waals surface area contributed by atoms with E-state index in [2.05, 4.69) is 10.1 Å². The highest BCUT2D eigenvalue weighted by atomic mass is 35.7. The molecule has 0 atom stereocenters. The van der Waals surface area contributed by atoms with E-state index in [1.165, 1.54) is 5.38 Å². The van der Waals surface area contributed by atoms with Gasteiger partial charge in [0.05, 0.1) is 12.2 Å². The van der Waals surface area contributed by atoms with E-state index in [0.717, 1.165) is 17.4 Å². The van der Waals surface area contributed by atoms with Crippen LogP contribution in [0.25, 0.3) is 0 Å². The van der Waals surface area contributed by atoms with Crippen molar-refractivity contribution in [3.8, 4) is 0 Å². The Kier molecular flexibility index (Phi) is 6.11. The molecule has 5 nitrogen and oxygen atoms in total. The van der Waals surface area contributed by atoms with Crippen molar-refractivity contribution in [2.75, 3.05) is 19.8 Å². The lowest BCUT2D eigenvalue weighted by Gasteiger charge is -2.04. The smallest absolute Gasteiger partial charge is 0.270 e. The number of ether oxygens (including phenoxy) is 1. The molecular weight excluding hydrogens is 324 g/mol. The summed E-state index contributed by atoms with van der Waals surface area (Å²) < 4.78 is 49.8. The molecule has 1 amide bonds. The molecule has 0 aliphatic carbocycles. The minimum atomic E-state index is -3.85. The van der Waals surface area contributed by atoms with Gasteiger partial charge in [-0.25, -0.2) is 17.2 Å². The van der Waals surface area contributed by atoms with Crippen molar-refractivity contribution in [2.45, 2.75) is 10.6 Å². The maximum absolute atomic E-state index is 11.7. The molecule has 0 fully saturated rings. The predicted molar refractivity (Wildman–Crippen MR) is 66.5 cm³/mol. The molecule has 1 heterocycles. The number of halogens is 3. The molecule has 0 unspecified atom stereocenters. The topological polar surface area (TPSA) is 72.5 Å². The summed E-state index contributed by atoms with van der Waals surface area (Å²) in [7, 11) is 1.26. The molecule has 0 aliphatic heterocycles. The average Bonchev–Trinajstić information content (AvgIpc) is 2.76. The lowest BCUT2D eigenvalue weighted by Crippen LogP contribution is -2.27. The van der Waals surface area contributed by atoms with Crippen LogP contribution in [0.15, 0.2) is 15.7 Å². The van der Waals surface area contributed by atoms with E-state index >= 15 is 0 Å². The minimum absolute atomic E-state index is 0.0460. The van der Waals surface area contributed by atoms with Gasteiger partial charge < -0.3 is 10.1 Å². The molecule has 0 aliphatic rings. The zero-order valence-corrected chi connectivity index (χ0v) is 11.8. The third-order valence-electron chi connectivity index (χ3n) is 1.85. The van der Waals surface area contributed by atoms with Gasteiger partial charge in [-0.15, -0.1) is 11.3 Å². The van der Waals surface area contributed by atoms with Crippen molar-refractivity contribution in [3.05, 3.63) is 17.0 Å². The highest BCUT2D eigenvalue weighted by Gasteiger charge is 2.16.